The number of morpholine rings is 1. The van der Waals surface area contributed by atoms with Gasteiger partial charge in [0.15, 0.2) is 0 Å². The number of hydrogen-bond donors (Lipinski definition) is 1. The monoisotopic (exact) mass is 543 g/mol. The molecule has 0 radical (unpaired) electrons. The minimum Gasteiger partial charge on any atom is -0.378 e. The number of nitrogens with one attached hydrogen (secondary N) is 1. The quantitative estimate of drug-likeness (QED) is 0.580. The minimum absolute atomic E-state index is 0.112. The number of carbonyl (C=O) groups is 3. The van der Waals surface area contributed by atoms with E-state index in [4.69, 9.17) is 4.74 Å². The van der Waals surface area contributed by atoms with Gasteiger partial charge in [-0.15, -0.1) is 0 Å². The van der Waals surface area contributed by atoms with E-state index in [0.717, 1.165) is 70.3 Å². The first-order chi connectivity index (χ1) is 19.5. The van der Waals surface area contributed by atoms with Crippen LogP contribution in [0.1, 0.15) is 47.2 Å². The van der Waals surface area contributed by atoms with Gasteiger partial charge in [-0.2, -0.15) is 0 Å². The molecule has 1 N–H and O–H groups in total. The van der Waals surface area contributed by atoms with Crippen LogP contribution in [-0.4, -0.2) is 86.0 Å². The van der Waals surface area contributed by atoms with Crippen molar-refractivity contribution >= 4 is 29.1 Å². The summed E-state index contributed by atoms with van der Waals surface area (Å²) >= 11 is 0. The Labute approximate surface area is 235 Å². The van der Waals surface area contributed by atoms with Crippen molar-refractivity contribution in [3.8, 4) is 0 Å². The first kappa shape index (κ1) is 25.5. The molecule has 5 aliphatic heterocycles. The molecule has 9 nitrogen and oxygen atoms in total. The minimum atomic E-state index is -0.568. The first-order valence-electron chi connectivity index (χ1n) is 14.6. The molecule has 3 amide bonds. The van der Waals surface area contributed by atoms with E-state index in [1.165, 1.54) is 24.1 Å². The molecule has 1 spiro atoms. The maximum Gasteiger partial charge on any atom is 0.255 e. The molecule has 7 rings (SSSR count). The fourth-order valence-corrected chi connectivity index (χ4v) is 7.10. The molecule has 1 unspecified atom stereocenters. The number of hydrogen-bond acceptors (Lipinski definition) is 7. The highest BCUT2D eigenvalue weighted by Gasteiger charge is 2.45. The van der Waals surface area contributed by atoms with Crippen molar-refractivity contribution in [1.82, 2.24) is 15.1 Å². The number of nitrogens with zero attached hydrogens (tertiary/aromatic N) is 4. The van der Waals surface area contributed by atoms with Gasteiger partial charge in [-0.3, -0.25) is 24.6 Å². The molecule has 0 saturated carbocycles. The summed E-state index contributed by atoms with van der Waals surface area (Å²) in [7, 11) is 0. The number of rotatable bonds is 5. The van der Waals surface area contributed by atoms with E-state index in [1.807, 2.05) is 12.1 Å². The number of anilines is 2. The lowest BCUT2D eigenvalue weighted by Crippen LogP contribution is -2.60. The predicted octanol–water partition coefficient (Wildman–Crippen LogP) is 2.39. The van der Waals surface area contributed by atoms with Crippen molar-refractivity contribution < 1.29 is 19.1 Å². The summed E-state index contributed by atoms with van der Waals surface area (Å²) in [6, 6.07) is 14.6. The predicted molar refractivity (Wildman–Crippen MR) is 151 cm³/mol. The highest BCUT2D eigenvalue weighted by atomic mass is 16.5. The number of carbonyl (C=O) groups excluding carboxylic acids is 3. The Bertz CT molecular complexity index is 1310. The van der Waals surface area contributed by atoms with Crippen molar-refractivity contribution in [2.45, 2.75) is 44.8 Å². The second kappa shape index (κ2) is 10.2. The van der Waals surface area contributed by atoms with Crippen LogP contribution in [0.2, 0.25) is 0 Å². The molecule has 2 aromatic carbocycles. The largest absolute Gasteiger partial charge is 0.378 e. The lowest BCUT2D eigenvalue weighted by Gasteiger charge is -2.55. The lowest BCUT2D eigenvalue weighted by molar-refractivity contribution is -0.136. The van der Waals surface area contributed by atoms with Crippen molar-refractivity contribution in [3.63, 3.8) is 0 Å². The van der Waals surface area contributed by atoms with Crippen LogP contribution >= 0.6 is 0 Å². The van der Waals surface area contributed by atoms with Crippen molar-refractivity contribution in [2.75, 3.05) is 62.3 Å². The average Bonchev–Trinajstić information content (AvgIpc) is 3.28. The highest BCUT2D eigenvalue weighted by Crippen LogP contribution is 2.43. The van der Waals surface area contributed by atoms with Gasteiger partial charge in [0.1, 0.15) is 6.04 Å². The van der Waals surface area contributed by atoms with E-state index in [2.05, 4.69) is 50.3 Å². The van der Waals surface area contributed by atoms with Gasteiger partial charge < -0.3 is 19.4 Å². The first-order valence-corrected chi connectivity index (χ1v) is 14.6. The number of ether oxygens (including phenoxy) is 1. The summed E-state index contributed by atoms with van der Waals surface area (Å²) in [6.07, 6.45) is 3.09. The van der Waals surface area contributed by atoms with Crippen LogP contribution < -0.4 is 15.1 Å². The van der Waals surface area contributed by atoms with E-state index in [9.17, 15) is 14.4 Å². The van der Waals surface area contributed by atoms with Crippen molar-refractivity contribution in [1.29, 1.82) is 0 Å². The van der Waals surface area contributed by atoms with Crippen molar-refractivity contribution in [3.05, 3.63) is 59.2 Å². The maximum atomic E-state index is 13.0. The topological polar surface area (TPSA) is 85.4 Å². The number of likely N-dealkylation sites (tertiary alicyclic amines) is 1. The zero-order valence-electron chi connectivity index (χ0n) is 22.9. The van der Waals surface area contributed by atoms with Gasteiger partial charge in [-0.05, 0) is 73.8 Å². The molecule has 4 saturated heterocycles. The molecule has 210 valence electrons. The summed E-state index contributed by atoms with van der Waals surface area (Å²) < 4.78 is 5.47. The molecule has 5 aliphatic rings. The molecular weight excluding hydrogens is 506 g/mol. The molecule has 1 atom stereocenters. The molecular formula is C31H37N5O4. The summed E-state index contributed by atoms with van der Waals surface area (Å²) in [5.74, 6) is -0.735. The number of piperidine rings is 2. The average molecular weight is 544 g/mol. The third-order valence-corrected chi connectivity index (χ3v) is 9.56. The summed E-state index contributed by atoms with van der Waals surface area (Å²) in [6.45, 7) is 9.34. The molecule has 9 heteroatoms. The Hall–Kier alpha value is -3.43. The zero-order chi connectivity index (χ0) is 27.3. The normalized spacial score (nSPS) is 24.8. The van der Waals surface area contributed by atoms with Crippen LogP contribution in [0.25, 0.3) is 0 Å². The van der Waals surface area contributed by atoms with Crippen LogP contribution in [-0.2, 0) is 27.4 Å². The van der Waals surface area contributed by atoms with Gasteiger partial charge >= 0.3 is 0 Å². The Morgan fingerprint density at radius 1 is 0.875 bits per heavy atom. The molecule has 0 aromatic heterocycles. The van der Waals surface area contributed by atoms with Crippen LogP contribution in [0.5, 0.6) is 0 Å². The smallest absolute Gasteiger partial charge is 0.255 e. The fourth-order valence-electron chi connectivity index (χ4n) is 7.10. The van der Waals surface area contributed by atoms with Crippen LogP contribution in [0.15, 0.2) is 42.5 Å². The second-order valence-electron chi connectivity index (χ2n) is 12.1. The molecule has 0 aliphatic carbocycles. The number of fused-ring (bicyclic) bond motifs is 1. The third kappa shape index (κ3) is 4.75. The van der Waals surface area contributed by atoms with Crippen LogP contribution in [0.4, 0.5) is 11.4 Å². The van der Waals surface area contributed by atoms with E-state index < -0.39 is 6.04 Å². The van der Waals surface area contributed by atoms with Gasteiger partial charge in [-0.25, -0.2) is 0 Å². The zero-order valence-corrected chi connectivity index (χ0v) is 22.9. The summed E-state index contributed by atoms with van der Waals surface area (Å²) in [4.78, 5) is 45.9. The van der Waals surface area contributed by atoms with Crippen LogP contribution in [0, 0.1) is 5.41 Å². The van der Waals surface area contributed by atoms with Crippen molar-refractivity contribution in [2.24, 2.45) is 5.41 Å². The van der Waals surface area contributed by atoms with E-state index >= 15 is 0 Å². The van der Waals surface area contributed by atoms with Gasteiger partial charge in [0.2, 0.25) is 11.8 Å². The molecule has 4 fully saturated rings. The van der Waals surface area contributed by atoms with Gasteiger partial charge in [0, 0.05) is 68.0 Å². The van der Waals surface area contributed by atoms with E-state index in [-0.39, 0.29) is 24.1 Å². The Kier molecular flexibility index (Phi) is 6.51. The van der Waals surface area contributed by atoms with Gasteiger partial charge in [-0.1, -0.05) is 12.1 Å². The summed E-state index contributed by atoms with van der Waals surface area (Å²) in [5.41, 5.74) is 5.85. The van der Waals surface area contributed by atoms with Gasteiger partial charge in [0.05, 0.1) is 13.2 Å². The molecule has 40 heavy (non-hydrogen) atoms. The van der Waals surface area contributed by atoms with Crippen LogP contribution in [0.3, 0.4) is 0 Å². The number of benzene rings is 2. The second-order valence-corrected chi connectivity index (χ2v) is 12.1. The lowest BCUT2D eigenvalue weighted by atomic mass is 9.71. The van der Waals surface area contributed by atoms with E-state index in [0.29, 0.717) is 23.9 Å². The maximum absolute atomic E-state index is 13.0. The number of imide groups is 1. The standard InChI is InChI=1S/C31H37N5O4/c37-28-8-7-27(29(38)32-28)36-19-23-17-25(5-6-26(23)30(36)39)35-20-31(21-35)9-11-33(12-10-31)18-22-1-3-24(4-2-22)34-13-15-40-16-14-34/h1-6,17,27H,7-16,18-21H2,(H,32,37,38). The molecule has 5 heterocycles. The Morgan fingerprint density at radius 3 is 2.33 bits per heavy atom. The summed E-state index contributed by atoms with van der Waals surface area (Å²) in [5, 5.41) is 2.38. The molecule has 2 aromatic rings. The third-order valence-electron chi connectivity index (χ3n) is 9.56. The Balaban J connectivity index is 0.916. The molecule has 0 bridgehead atoms. The number of amides is 3. The highest BCUT2D eigenvalue weighted by molar-refractivity contribution is 6.05. The van der Waals surface area contributed by atoms with E-state index in [1.54, 1.807) is 4.90 Å². The Morgan fingerprint density at radius 2 is 1.60 bits per heavy atom. The SMILES string of the molecule is O=C1CCC(N2Cc3cc(N4CC5(CCN(Cc6ccc(N7CCOCC7)cc6)CC5)C4)ccc3C2=O)C(=O)N1. The van der Waals surface area contributed by atoms with Gasteiger partial charge in [0.25, 0.3) is 5.91 Å². The fraction of sp³-hybridized carbons (Fsp3) is 0.516.